The maximum absolute atomic E-state index is 5.16. The van der Waals surface area contributed by atoms with Gasteiger partial charge in [0.15, 0.2) is 0 Å². The third-order valence-electron chi connectivity index (χ3n) is 2.67. The lowest BCUT2D eigenvalue weighted by atomic mass is 10.2. The van der Waals surface area contributed by atoms with Crippen LogP contribution in [-0.4, -0.2) is 14.2 Å². The zero-order valence-corrected chi connectivity index (χ0v) is 12.0. The zero-order valence-electron chi connectivity index (χ0n) is 9.85. The summed E-state index contributed by atoms with van der Waals surface area (Å²) in [7, 11) is 3.75. The fourth-order valence-electron chi connectivity index (χ4n) is 1.67. The monoisotopic (exact) mass is 339 g/mol. The minimum absolute atomic E-state index is 0.880. The number of para-hydroxylation sites is 1. The maximum Gasteiger partial charge on any atom is 0.119 e. The van der Waals surface area contributed by atoms with E-state index < -0.39 is 0 Å². The van der Waals surface area contributed by atoms with E-state index in [2.05, 4.69) is 64.9 Å². The summed E-state index contributed by atoms with van der Waals surface area (Å²) in [4.78, 5) is 2.17. The van der Waals surface area contributed by atoms with Crippen molar-refractivity contribution in [1.29, 1.82) is 0 Å². The predicted molar refractivity (Wildman–Crippen MR) is 80.2 cm³/mol. The molecule has 0 aliphatic carbocycles. The van der Waals surface area contributed by atoms with E-state index in [1.54, 1.807) is 7.11 Å². The Morgan fingerprint density at radius 2 is 1.65 bits per heavy atom. The van der Waals surface area contributed by atoms with Crippen LogP contribution in [0.15, 0.2) is 48.5 Å². The Balaban J connectivity index is 2.30. The molecule has 0 bridgehead atoms. The molecule has 0 saturated carbocycles. The van der Waals surface area contributed by atoms with Gasteiger partial charge in [-0.15, -0.1) is 0 Å². The molecule has 0 fully saturated rings. The van der Waals surface area contributed by atoms with E-state index in [4.69, 9.17) is 4.74 Å². The van der Waals surface area contributed by atoms with Crippen molar-refractivity contribution in [3.8, 4) is 5.75 Å². The van der Waals surface area contributed by atoms with Gasteiger partial charge < -0.3 is 9.64 Å². The van der Waals surface area contributed by atoms with E-state index in [9.17, 15) is 0 Å². The minimum atomic E-state index is 0.880. The van der Waals surface area contributed by atoms with Crippen molar-refractivity contribution in [2.75, 3.05) is 19.1 Å². The van der Waals surface area contributed by atoms with Crippen LogP contribution in [0.25, 0.3) is 0 Å². The van der Waals surface area contributed by atoms with Crippen molar-refractivity contribution in [2.24, 2.45) is 0 Å². The zero-order chi connectivity index (χ0) is 12.3. The Labute approximate surface area is 115 Å². The standard InChI is InChI=1S/C14H14INO/c1-16(14-6-4-3-5-13(14)15)11-7-9-12(17-2)10-8-11/h3-10H,1-2H3. The lowest BCUT2D eigenvalue weighted by molar-refractivity contribution is 0.415. The first-order valence-electron chi connectivity index (χ1n) is 5.34. The third-order valence-corrected chi connectivity index (χ3v) is 3.59. The maximum atomic E-state index is 5.16. The summed E-state index contributed by atoms with van der Waals surface area (Å²) in [6.07, 6.45) is 0. The fraction of sp³-hybridized carbons (Fsp3) is 0.143. The van der Waals surface area contributed by atoms with Gasteiger partial charge in [-0.05, 0) is 59.0 Å². The number of rotatable bonds is 3. The highest BCUT2D eigenvalue weighted by Gasteiger charge is 2.06. The van der Waals surface area contributed by atoms with Gasteiger partial charge in [-0.1, -0.05) is 12.1 Å². The van der Waals surface area contributed by atoms with E-state index in [0.717, 1.165) is 11.4 Å². The van der Waals surface area contributed by atoms with Gasteiger partial charge in [0.2, 0.25) is 0 Å². The molecule has 0 saturated heterocycles. The van der Waals surface area contributed by atoms with Gasteiger partial charge in [0.1, 0.15) is 5.75 Å². The van der Waals surface area contributed by atoms with Crippen LogP contribution in [0, 0.1) is 3.57 Å². The topological polar surface area (TPSA) is 12.5 Å². The molecule has 2 aromatic carbocycles. The molecule has 0 aliphatic heterocycles. The largest absolute Gasteiger partial charge is 0.497 e. The number of ether oxygens (including phenoxy) is 1. The lowest BCUT2D eigenvalue weighted by Gasteiger charge is -2.21. The number of halogens is 1. The van der Waals surface area contributed by atoms with Crippen molar-refractivity contribution in [3.63, 3.8) is 0 Å². The first kappa shape index (κ1) is 12.2. The van der Waals surface area contributed by atoms with Gasteiger partial charge in [0, 0.05) is 16.3 Å². The van der Waals surface area contributed by atoms with Crippen LogP contribution in [0.3, 0.4) is 0 Å². The Hall–Kier alpha value is -1.23. The summed E-state index contributed by atoms with van der Waals surface area (Å²) in [6.45, 7) is 0. The summed E-state index contributed by atoms with van der Waals surface area (Å²) in [5, 5.41) is 0. The van der Waals surface area contributed by atoms with Crippen molar-refractivity contribution in [1.82, 2.24) is 0 Å². The summed E-state index contributed by atoms with van der Waals surface area (Å²) in [5.41, 5.74) is 2.35. The van der Waals surface area contributed by atoms with E-state index >= 15 is 0 Å². The molecule has 0 atom stereocenters. The van der Waals surface area contributed by atoms with Crippen LogP contribution < -0.4 is 9.64 Å². The molecule has 0 aliphatic rings. The predicted octanol–water partition coefficient (Wildman–Crippen LogP) is 4.07. The molecule has 3 heteroatoms. The van der Waals surface area contributed by atoms with Gasteiger partial charge in [0.05, 0.1) is 12.8 Å². The molecule has 0 spiro atoms. The van der Waals surface area contributed by atoms with Crippen molar-refractivity contribution in [2.45, 2.75) is 0 Å². The number of benzene rings is 2. The summed E-state index contributed by atoms with van der Waals surface area (Å²) < 4.78 is 6.40. The van der Waals surface area contributed by atoms with Crippen LogP contribution in [0.1, 0.15) is 0 Å². The second-order valence-electron chi connectivity index (χ2n) is 3.71. The quantitative estimate of drug-likeness (QED) is 0.782. The summed E-state index contributed by atoms with van der Waals surface area (Å²) in [5.74, 6) is 0.880. The minimum Gasteiger partial charge on any atom is -0.497 e. The fourth-order valence-corrected chi connectivity index (χ4v) is 2.42. The van der Waals surface area contributed by atoms with Crippen molar-refractivity contribution >= 4 is 34.0 Å². The molecule has 17 heavy (non-hydrogen) atoms. The highest BCUT2D eigenvalue weighted by Crippen LogP contribution is 2.28. The van der Waals surface area contributed by atoms with Crippen LogP contribution in [0.4, 0.5) is 11.4 Å². The molecule has 0 amide bonds. The number of hydrogen-bond donors (Lipinski definition) is 0. The molecule has 0 radical (unpaired) electrons. The number of hydrogen-bond acceptors (Lipinski definition) is 2. The SMILES string of the molecule is COc1ccc(N(C)c2ccccc2I)cc1. The molecule has 2 nitrogen and oxygen atoms in total. The molecular weight excluding hydrogens is 325 g/mol. The van der Waals surface area contributed by atoms with E-state index in [-0.39, 0.29) is 0 Å². The number of nitrogens with zero attached hydrogens (tertiary/aromatic N) is 1. The Bertz CT molecular complexity index is 496. The summed E-state index contributed by atoms with van der Waals surface area (Å²) >= 11 is 2.35. The van der Waals surface area contributed by atoms with Crippen LogP contribution in [0.2, 0.25) is 0 Å². The van der Waals surface area contributed by atoms with Crippen LogP contribution in [0.5, 0.6) is 5.75 Å². The van der Waals surface area contributed by atoms with E-state index in [0.29, 0.717) is 0 Å². The normalized spacial score (nSPS) is 10.1. The van der Waals surface area contributed by atoms with Gasteiger partial charge in [0.25, 0.3) is 0 Å². The molecular formula is C14H14INO. The first-order chi connectivity index (χ1) is 8.22. The van der Waals surface area contributed by atoms with E-state index in [1.165, 1.54) is 9.26 Å². The van der Waals surface area contributed by atoms with Gasteiger partial charge in [-0.3, -0.25) is 0 Å². The highest BCUT2D eigenvalue weighted by molar-refractivity contribution is 14.1. The number of anilines is 2. The van der Waals surface area contributed by atoms with Crippen molar-refractivity contribution in [3.05, 3.63) is 52.1 Å². The Kier molecular flexibility index (Phi) is 3.89. The molecule has 0 aromatic heterocycles. The smallest absolute Gasteiger partial charge is 0.119 e. The average molecular weight is 339 g/mol. The molecule has 0 unspecified atom stereocenters. The second-order valence-corrected chi connectivity index (χ2v) is 4.87. The average Bonchev–Trinajstić information content (AvgIpc) is 2.39. The molecule has 2 aromatic rings. The van der Waals surface area contributed by atoms with Gasteiger partial charge >= 0.3 is 0 Å². The van der Waals surface area contributed by atoms with Gasteiger partial charge in [-0.25, -0.2) is 0 Å². The van der Waals surface area contributed by atoms with E-state index in [1.807, 2.05) is 18.2 Å². The Morgan fingerprint density at radius 3 is 2.24 bits per heavy atom. The lowest BCUT2D eigenvalue weighted by Crippen LogP contribution is -2.10. The van der Waals surface area contributed by atoms with Crippen LogP contribution >= 0.6 is 22.6 Å². The highest BCUT2D eigenvalue weighted by atomic mass is 127. The van der Waals surface area contributed by atoms with Crippen LogP contribution in [-0.2, 0) is 0 Å². The molecule has 0 N–H and O–H groups in total. The molecule has 0 heterocycles. The second kappa shape index (κ2) is 5.40. The third kappa shape index (κ3) is 2.72. The van der Waals surface area contributed by atoms with Gasteiger partial charge in [-0.2, -0.15) is 0 Å². The Morgan fingerprint density at radius 1 is 1.00 bits per heavy atom. The first-order valence-corrected chi connectivity index (χ1v) is 6.42. The summed E-state index contributed by atoms with van der Waals surface area (Å²) in [6, 6.07) is 16.4. The van der Waals surface area contributed by atoms with Crippen molar-refractivity contribution < 1.29 is 4.74 Å². The number of methoxy groups -OCH3 is 1. The molecule has 2 rings (SSSR count). The molecule has 88 valence electrons.